The third-order valence-electron chi connectivity index (χ3n) is 4.95. The van der Waals surface area contributed by atoms with E-state index >= 15 is 0 Å². The summed E-state index contributed by atoms with van der Waals surface area (Å²) in [5.41, 5.74) is 10.5. The van der Waals surface area contributed by atoms with E-state index < -0.39 is 11.8 Å². The summed E-state index contributed by atoms with van der Waals surface area (Å²) in [6.07, 6.45) is 2.56. The number of allylic oxidation sites excluding steroid dienone is 1. The van der Waals surface area contributed by atoms with Crippen molar-refractivity contribution < 1.29 is 14.3 Å². The number of primary amides is 1. The molecule has 150 valence electrons. The molecule has 1 aromatic heterocycles. The van der Waals surface area contributed by atoms with Crippen LogP contribution in [0.2, 0.25) is 0 Å². The van der Waals surface area contributed by atoms with Crippen LogP contribution in [0.1, 0.15) is 48.4 Å². The van der Waals surface area contributed by atoms with Gasteiger partial charge in [-0.15, -0.1) is 0 Å². The highest BCUT2D eigenvalue weighted by atomic mass is 16.5. The SMILES string of the molecule is CCCOc1ncc(C)c2c1[C@H](c1ccc(C#N)cc1OC)C(C(N)=O)=C(C)N2. The standard InChI is InChI=1S/C22H24N4O3/c1-5-8-29-22-19-18(15-7-6-14(10-23)9-16(15)28-4)17(21(24)27)13(3)26-20(19)12(2)11-25-22/h6-7,9,11,18,26H,5,8H2,1-4H3,(H2,24,27)/t18-/m1/s1. The van der Waals surface area contributed by atoms with Crippen LogP contribution in [-0.2, 0) is 4.79 Å². The largest absolute Gasteiger partial charge is 0.496 e. The fraction of sp³-hybridized carbons (Fsp3) is 0.318. The van der Waals surface area contributed by atoms with Gasteiger partial charge in [0.05, 0.1) is 42.5 Å². The minimum absolute atomic E-state index is 0.411. The van der Waals surface area contributed by atoms with E-state index in [1.165, 1.54) is 7.11 Å². The van der Waals surface area contributed by atoms with E-state index in [4.69, 9.17) is 15.2 Å². The lowest BCUT2D eigenvalue weighted by Crippen LogP contribution is -2.28. The minimum atomic E-state index is -0.542. The number of anilines is 1. The summed E-state index contributed by atoms with van der Waals surface area (Å²) in [4.78, 5) is 16.9. The number of amides is 1. The van der Waals surface area contributed by atoms with Crippen molar-refractivity contribution in [1.82, 2.24) is 4.98 Å². The molecule has 0 fully saturated rings. The Labute approximate surface area is 170 Å². The van der Waals surface area contributed by atoms with E-state index in [0.717, 1.165) is 28.8 Å². The molecule has 0 radical (unpaired) electrons. The van der Waals surface area contributed by atoms with Crippen molar-refractivity contribution in [3.63, 3.8) is 0 Å². The number of methoxy groups -OCH3 is 1. The first-order chi connectivity index (χ1) is 13.9. The summed E-state index contributed by atoms with van der Waals surface area (Å²) in [5, 5.41) is 12.5. The van der Waals surface area contributed by atoms with Gasteiger partial charge in [0.25, 0.3) is 0 Å². The van der Waals surface area contributed by atoms with Crippen molar-refractivity contribution in [3.05, 3.63) is 57.9 Å². The van der Waals surface area contributed by atoms with Crippen LogP contribution in [0.4, 0.5) is 5.69 Å². The van der Waals surface area contributed by atoms with E-state index in [1.807, 2.05) is 20.8 Å². The molecule has 3 N–H and O–H groups in total. The molecule has 1 amide bonds. The van der Waals surface area contributed by atoms with Gasteiger partial charge in [-0.2, -0.15) is 5.26 Å². The fourth-order valence-electron chi connectivity index (χ4n) is 3.63. The second-order valence-corrected chi connectivity index (χ2v) is 6.91. The number of nitrogens with zero attached hydrogens (tertiary/aromatic N) is 2. The van der Waals surface area contributed by atoms with Crippen LogP contribution < -0.4 is 20.5 Å². The maximum atomic E-state index is 12.5. The third-order valence-corrected chi connectivity index (χ3v) is 4.95. The predicted molar refractivity (Wildman–Crippen MR) is 110 cm³/mol. The topological polar surface area (TPSA) is 110 Å². The van der Waals surface area contributed by atoms with Crippen LogP contribution >= 0.6 is 0 Å². The highest BCUT2D eigenvalue weighted by Crippen LogP contribution is 2.48. The average molecular weight is 392 g/mol. The number of carbonyl (C=O) groups is 1. The van der Waals surface area contributed by atoms with Crippen LogP contribution in [0.5, 0.6) is 11.6 Å². The number of carbonyl (C=O) groups excluding carboxylic acids is 1. The van der Waals surface area contributed by atoms with Gasteiger partial charge in [0.15, 0.2) is 0 Å². The second kappa shape index (κ2) is 8.23. The molecule has 0 saturated heterocycles. The van der Waals surface area contributed by atoms with Crippen molar-refractivity contribution in [1.29, 1.82) is 5.26 Å². The molecule has 0 bridgehead atoms. The summed E-state index contributed by atoms with van der Waals surface area (Å²) in [5.74, 6) is -0.135. The summed E-state index contributed by atoms with van der Waals surface area (Å²) >= 11 is 0. The number of nitriles is 1. The van der Waals surface area contributed by atoms with Crippen molar-refractivity contribution in [2.45, 2.75) is 33.1 Å². The van der Waals surface area contributed by atoms with Gasteiger partial charge in [-0.3, -0.25) is 4.79 Å². The number of nitrogens with one attached hydrogen (secondary N) is 1. The van der Waals surface area contributed by atoms with E-state index in [1.54, 1.807) is 24.4 Å². The van der Waals surface area contributed by atoms with Crippen molar-refractivity contribution in [2.24, 2.45) is 5.73 Å². The highest BCUT2D eigenvalue weighted by Gasteiger charge is 2.36. The summed E-state index contributed by atoms with van der Waals surface area (Å²) in [6.45, 7) is 6.27. The Bertz CT molecular complexity index is 1040. The molecule has 0 spiro atoms. The molecular weight excluding hydrogens is 368 g/mol. The zero-order valence-electron chi connectivity index (χ0n) is 17.0. The minimum Gasteiger partial charge on any atom is -0.496 e. The second-order valence-electron chi connectivity index (χ2n) is 6.91. The Morgan fingerprint density at radius 3 is 2.76 bits per heavy atom. The van der Waals surface area contributed by atoms with Gasteiger partial charge in [0.1, 0.15) is 5.75 Å². The molecule has 0 saturated carbocycles. The molecule has 0 aliphatic carbocycles. The fourth-order valence-corrected chi connectivity index (χ4v) is 3.63. The Balaban J connectivity index is 2.34. The average Bonchev–Trinajstić information content (AvgIpc) is 2.72. The third kappa shape index (κ3) is 3.61. The van der Waals surface area contributed by atoms with Crippen LogP contribution in [0.25, 0.3) is 0 Å². The maximum Gasteiger partial charge on any atom is 0.247 e. The molecule has 1 atom stereocenters. The number of fused-ring (bicyclic) bond motifs is 1. The number of hydrogen-bond acceptors (Lipinski definition) is 6. The first kappa shape index (κ1) is 20.2. The Hall–Kier alpha value is -3.53. The number of benzene rings is 1. The number of aryl methyl sites for hydroxylation is 1. The number of nitrogens with two attached hydrogens (primary N) is 1. The zero-order valence-corrected chi connectivity index (χ0v) is 17.0. The van der Waals surface area contributed by atoms with Crippen molar-refractivity contribution in [3.8, 4) is 17.7 Å². The first-order valence-corrected chi connectivity index (χ1v) is 9.40. The van der Waals surface area contributed by atoms with E-state index in [2.05, 4.69) is 16.4 Å². The molecule has 7 nitrogen and oxygen atoms in total. The Morgan fingerprint density at radius 2 is 2.14 bits per heavy atom. The van der Waals surface area contributed by atoms with Gasteiger partial charge in [-0.05, 0) is 38.0 Å². The molecule has 7 heteroatoms. The summed E-state index contributed by atoms with van der Waals surface area (Å²) in [6, 6.07) is 7.25. The molecule has 2 heterocycles. The van der Waals surface area contributed by atoms with Crippen LogP contribution in [-0.4, -0.2) is 24.6 Å². The molecule has 1 aliphatic heterocycles. The predicted octanol–water partition coefficient (Wildman–Crippen LogP) is 3.38. The summed E-state index contributed by atoms with van der Waals surface area (Å²) < 4.78 is 11.5. The molecule has 1 aromatic carbocycles. The molecule has 0 unspecified atom stereocenters. The normalized spacial score (nSPS) is 15.2. The van der Waals surface area contributed by atoms with Gasteiger partial charge >= 0.3 is 0 Å². The first-order valence-electron chi connectivity index (χ1n) is 9.40. The Morgan fingerprint density at radius 1 is 1.38 bits per heavy atom. The van der Waals surface area contributed by atoms with Gasteiger partial charge < -0.3 is 20.5 Å². The number of hydrogen-bond donors (Lipinski definition) is 2. The quantitative estimate of drug-likeness (QED) is 0.780. The molecule has 2 aromatic rings. The molecule has 3 rings (SSSR count). The van der Waals surface area contributed by atoms with Gasteiger partial charge in [-0.1, -0.05) is 13.0 Å². The number of pyridine rings is 1. The molecule has 1 aliphatic rings. The van der Waals surface area contributed by atoms with Gasteiger partial charge in [0, 0.05) is 23.0 Å². The number of rotatable bonds is 6. The number of ether oxygens (including phenoxy) is 2. The van der Waals surface area contributed by atoms with E-state index in [0.29, 0.717) is 35.1 Å². The Kier molecular flexibility index (Phi) is 5.74. The van der Waals surface area contributed by atoms with Crippen molar-refractivity contribution in [2.75, 3.05) is 19.0 Å². The van der Waals surface area contributed by atoms with E-state index in [-0.39, 0.29) is 0 Å². The molecule has 29 heavy (non-hydrogen) atoms. The monoisotopic (exact) mass is 392 g/mol. The zero-order chi connectivity index (χ0) is 21.1. The van der Waals surface area contributed by atoms with Crippen LogP contribution in [0, 0.1) is 18.3 Å². The van der Waals surface area contributed by atoms with Crippen LogP contribution in [0.3, 0.4) is 0 Å². The van der Waals surface area contributed by atoms with E-state index in [9.17, 15) is 10.1 Å². The highest BCUT2D eigenvalue weighted by molar-refractivity contribution is 5.98. The number of aromatic nitrogens is 1. The smallest absolute Gasteiger partial charge is 0.247 e. The summed E-state index contributed by atoms with van der Waals surface area (Å²) in [7, 11) is 1.53. The van der Waals surface area contributed by atoms with Gasteiger partial charge in [0.2, 0.25) is 11.8 Å². The lowest BCUT2D eigenvalue weighted by atomic mass is 9.79. The maximum absolute atomic E-state index is 12.5. The van der Waals surface area contributed by atoms with Crippen LogP contribution in [0.15, 0.2) is 35.7 Å². The molecular formula is C22H24N4O3. The van der Waals surface area contributed by atoms with Crippen molar-refractivity contribution >= 4 is 11.6 Å². The lowest BCUT2D eigenvalue weighted by Gasteiger charge is -2.32. The lowest BCUT2D eigenvalue weighted by molar-refractivity contribution is -0.114. The van der Waals surface area contributed by atoms with Gasteiger partial charge in [-0.25, -0.2) is 4.98 Å².